The summed E-state index contributed by atoms with van der Waals surface area (Å²) < 4.78 is 0. The molecule has 0 saturated carbocycles. The van der Waals surface area contributed by atoms with Crippen LogP contribution in [0.4, 0.5) is 0 Å². The van der Waals surface area contributed by atoms with Crippen LogP contribution in [0.1, 0.15) is 23.2 Å². The molecular weight excluding hydrogens is 340 g/mol. The maximum absolute atomic E-state index is 12.9. The zero-order valence-corrected chi connectivity index (χ0v) is 16.4. The second-order valence-electron chi connectivity index (χ2n) is 7.37. The molecule has 0 N–H and O–H groups in total. The normalized spacial score (nSPS) is 17.5. The molecule has 0 radical (unpaired) electrons. The number of carbonyl (C=O) groups excluding carboxylic acids is 1. The minimum atomic E-state index is 0.0125. The Morgan fingerprint density at radius 1 is 1.19 bits per heavy atom. The fourth-order valence-corrected chi connectivity index (χ4v) is 3.30. The summed E-state index contributed by atoms with van der Waals surface area (Å²) in [5.41, 5.74) is 1.39. The monoisotopic (exact) mass is 368 g/mol. The van der Waals surface area contributed by atoms with Gasteiger partial charge < -0.3 is 14.7 Å². The molecule has 1 atom stereocenters. The van der Waals surface area contributed by atoms with Crippen LogP contribution in [0.3, 0.4) is 0 Å². The van der Waals surface area contributed by atoms with Gasteiger partial charge in [0, 0.05) is 62.6 Å². The first kappa shape index (κ1) is 19.4. The molecule has 144 valence electrons. The Balaban J connectivity index is 1.63. The van der Waals surface area contributed by atoms with E-state index >= 15 is 0 Å². The van der Waals surface area contributed by atoms with E-state index in [9.17, 15) is 4.79 Å². The number of pyridine rings is 1. The number of likely N-dealkylation sites (tertiary alicyclic amines) is 1. The number of likely N-dealkylation sites (N-methyl/N-ethyl adjacent to an activating group) is 2. The van der Waals surface area contributed by atoms with Crippen molar-refractivity contribution in [2.75, 3.05) is 47.3 Å². The van der Waals surface area contributed by atoms with Gasteiger partial charge in [-0.3, -0.25) is 9.78 Å². The molecule has 0 aromatic carbocycles. The summed E-state index contributed by atoms with van der Waals surface area (Å²) >= 11 is 0. The molecule has 1 aliphatic rings. The minimum absolute atomic E-state index is 0.0125. The smallest absolute Gasteiger partial charge is 0.257 e. The third-order valence-corrected chi connectivity index (χ3v) is 5.03. The van der Waals surface area contributed by atoms with Crippen LogP contribution in [0, 0.1) is 0 Å². The molecule has 0 unspecified atom stereocenters. The third kappa shape index (κ3) is 5.08. The van der Waals surface area contributed by atoms with Crippen molar-refractivity contribution in [3.05, 3.63) is 42.5 Å². The summed E-state index contributed by atoms with van der Waals surface area (Å²) in [5, 5.41) is 0. The molecule has 3 heterocycles. The van der Waals surface area contributed by atoms with Crippen LogP contribution in [-0.2, 0) is 0 Å². The van der Waals surface area contributed by atoms with Gasteiger partial charge in [0.1, 0.15) is 0 Å². The highest BCUT2D eigenvalue weighted by molar-refractivity contribution is 5.93. The van der Waals surface area contributed by atoms with Crippen LogP contribution < -0.4 is 0 Å². The van der Waals surface area contributed by atoms with E-state index in [1.807, 2.05) is 17.0 Å². The molecule has 1 saturated heterocycles. The second kappa shape index (κ2) is 9.01. The maximum atomic E-state index is 12.9. The van der Waals surface area contributed by atoms with Crippen molar-refractivity contribution in [2.24, 2.45) is 0 Å². The average Bonchev–Trinajstić information content (AvgIpc) is 2.72. The van der Waals surface area contributed by atoms with Gasteiger partial charge in [0.2, 0.25) is 0 Å². The molecular formula is C20H28N6O. The Morgan fingerprint density at radius 3 is 2.63 bits per heavy atom. The zero-order valence-electron chi connectivity index (χ0n) is 16.4. The molecule has 0 bridgehead atoms. The Hall–Kier alpha value is -2.38. The molecule has 0 aliphatic carbocycles. The van der Waals surface area contributed by atoms with Crippen molar-refractivity contribution in [1.29, 1.82) is 0 Å². The average molecular weight is 368 g/mol. The van der Waals surface area contributed by atoms with Crippen LogP contribution in [0.25, 0.3) is 11.4 Å². The Morgan fingerprint density at radius 2 is 1.96 bits per heavy atom. The summed E-state index contributed by atoms with van der Waals surface area (Å²) in [4.78, 5) is 32.2. The third-order valence-electron chi connectivity index (χ3n) is 5.03. The van der Waals surface area contributed by atoms with E-state index in [0.29, 0.717) is 17.4 Å². The molecule has 2 aromatic heterocycles. The quantitative estimate of drug-likeness (QED) is 0.772. The van der Waals surface area contributed by atoms with E-state index in [1.165, 1.54) is 0 Å². The lowest BCUT2D eigenvalue weighted by atomic mass is 10.0. The zero-order chi connectivity index (χ0) is 19.2. The lowest BCUT2D eigenvalue weighted by Crippen LogP contribution is -2.49. The van der Waals surface area contributed by atoms with Crippen LogP contribution >= 0.6 is 0 Å². The van der Waals surface area contributed by atoms with E-state index in [0.717, 1.165) is 44.6 Å². The number of amides is 1. The van der Waals surface area contributed by atoms with Crippen LogP contribution in [0.2, 0.25) is 0 Å². The number of hydrogen-bond acceptors (Lipinski definition) is 6. The lowest BCUT2D eigenvalue weighted by molar-refractivity contribution is 0.0603. The van der Waals surface area contributed by atoms with E-state index in [-0.39, 0.29) is 5.91 Å². The molecule has 1 amide bonds. The van der Waals surface area contributed by atoms with Gasteiger partial charge in [-0.25, -0.2) is 9.97 Å². The van der Waals surface area contributed by atoms with Crippen LogP contribution in [-0.4, -0.2) is 88.9 Å². The number of nitrogens with zero attached hydrogens (tertiary/aromatic N) is 6. The molecule has 7 heteroatoms. The van der Waals surface area contributed by atoms with E-state index in [1.54, 1.807) is 24.8 Å². The second-order valence-corrected chi connectivity index (χ2v) is 7.37. The predicted octanol–water partition coefficient (Wildman–Crippen LogP) is 1.64. The molecule has 7 nitrogen and oxygen atoms in total. The number of hydrogen-bond donors (Lipinski definition) is 0. The largest absolute Gasteiger partial charge is 0.337 e. The number of piperidine rings is 1. The topological polar surface area (TPSA) is 65.5 Å². The van der Waals surface area contributed by atoms with Gasteiger partial charge in [0.25, 0.3) is 5.91 Å². The van der Waals surface area contributed by atoms with Crippen LogP contribution in [0.15, 0.2) is 36.9 Å². The van der Waals surface area contributed by atoms with Crippen molar-refractivity contribution in [3.63, 3.8) is 0 Å². The van der Waals surface area contributed by atoms with Gasteiger partial charge in [-0.15, -0.1) is 0 Å². The van der Waals surface area contributed by atoms with Crippen molar-refractivity contribution < 1.29 is 4.79 Å². The van der Waals surface area contributed by atoms with Gasteiger partial charge >= 0.3 is 0 Å². The van der Waals surface area contributed by atoms with E-state index in [4.69, 9.17) is 0 Å². The van der Waals surface area contributed by atoms with Crippen molar-refractivity contribution >= 4 is 5.91 Å². The molecule has 2 aromatic rings. The summed E-state index contributed by atoms with van der Waals surface area (Å²) in [6.45, 7) is 3.57. The van der Waals surface area contributed by atoms with Gasteiger partial charge in [0.05, 0.1) is 5.56 Å². The molecule has 27 heavy (non-hydrogen) atoms. The molecule has 1 aliphatic heterocycles. The minimum Gasteiger partial charge on any atom is -0.337 e. The highest BCUT2D eigenvalue weighted by Gasteiger charge is 2.27. The van der Waals surface area contributed by atoms with E-state index in [2.05, 4.69) is 45.9 Å². The number of rotatable bonds is 6. The first-order valence-corrected chi connectivity index (χ1v) is 9.41. The highest BCUT2D eigenvalue weighted by atomic mass is 16.2. The van der Waals surface area contributed by atoms with Crippen molar-refractivity contribution in [2.45, 2.75) is 18.9 Å². The van der Waals surface area contributed by atoms with Gasteiger partial charge in [0.15, 0.2) is 5.82 Å². The van der Waals surface area contributed by atoms with Crippen molar-refractivity contribution in [1.82, 2.24) is 29.7 Å². The standard InChI is InChI=1S/C20H28N6O/c1-24(2)10-11-25(3)18-7-5-9-26(15-18)20(27)17-13-22-19(23-14-17)16-6-4-8-21-12-16/h4,6,8,12-14,18H,5,7,9-11,15H2,1-3H3/t18-/m1/s1. The van der Waals surface area contributed by atoms with Gasteiger partial charge in [-0.2, -0.15) is 0 Å². The fourth-order valence-electron chi connectivity index (χ4n) is 3.30. The first-order chi connectivity index (χ1) is 13.0. The predicted molar refractivity (Wildman–Crippen MR) is 105 cm³/mol. The Bertz CT molecular complexity index is 734. The number of aromatic nitrogens is 3. The van der Waals surface area contributed by atoms with Gasteiger partial charge in [-0.05, 0) is 46.1 Å². The Labute approximate surface area is 161 Å². The molecule has 3 rings (SSSR count). The number of carbonyl (C=O) groups is 1. The summed E-state index contributed by atoms with van der Waals surface area (Å²) in [6, 6.07) is 4.15. The maximum Gasteiger partial charge on any atom is 0.257 e. The summed E-state index contributed by atoms with van der Waals surface area (Å²) in [5.74, 6) is 0.595. The lowest BCUT2D eigenvalue weighted by Gasteiger charge is -2.38. The first-order valence-electron chi connectivity index (χ1n) is 9.41. The van der Waals surface area contributed by atoms with E-state index < -0.39 is 0 Å². The SMILES string of the molecule is CN(C)CCN(C)[C@@H]1CCCN(C(=O)c2cnc(-c3cccnc3)nc2)C1. The Kier molecular flexibility index (Phi) is 6.47. The van der Waals surface area contributed by atoms with Crippen molar-refractivity contribution in [3.8, 4) is 11.4 Å². The van der Waals surface area contributed by atoms with Crippen LogP contribution in [0.5, 0.6) is 0 Å². The molecule has 1 fully saturated rings. The molecule has 0 spiro atoms. The highest BCUT2D eigenvalue weighted by Crippen LogP contribution is 2.18. The fraction of sp³-hybridized carbons (Fsp3) is 0.500. The summed E-state index contributed by atoms with van der Waals surface area (Å²) in [6.07, 6.45) is 8.83. The summed E-state index contributed by atoms with van der Waals surface area (Å²) in [7, 11) is 6.31. The van der Waals surface area contributed by atoms with Gasteiger partial charge in [-0.1, -0.05) is 0 Å².